The van der Waals surface area contributed by atoms with E-state index in [1.54, 1.807) is 6.92 Å². The Morgan fingerprint density at radius 2 is 1.95 bits per heavy atom. The molecule has 0 spiro atoms. The summed E-state index contributed by atoms with van der Waals surface area (Å²) in [4.78, 5) is 22.8. The highest BCUT2D eigenvalue weighted by atomic mass is 16.5. The summed E-state index contributed by atoms with van der Waals surface area (Å²) in [5.74, 6) is -1.93. The molecule has 3 atom stereocenters. The minimum absolute atomic E-state index is 0.0512. The van der Waals surface area contributed by atoms with Gasteiger partial charge in [-0.3, -0.25) is 9.59 Å². The van der Waals surface area contributed by atoms with Gasteiger partial charge in [-0.2, -0.15) is 0 Å². The van der Waals surface area contributed by atoms with E-state index in [1.807, 2.05) is 0 Å². The molecule has 7 heteroatoms. The third kappa shape index (κ3) is 5.54. The highest BCUT2D eigenvalue weighted by molar-refractivity contribution is 6.01. The number of carboxylic acid groups (broad SMARTS) is 1. The SMILES string of the molecule is CNC(=O)C(C)(CC(O)COC(C)COC)C(=O)O. The van der Waals surface area contributed by atoms with Crippen LogP contribution in [-0.2, 0) is 19.1 Å². The second-order valence-electron chi connectivity index (χ2n) is 4.67. The third-order valence-electron chi connectivity index (χ3n) is 2.82. The molecule has 0 aromatic heterocycles. The van der Waals surface area contributed by atoms with Crippen LogP contribution in [0.1, 0.15) is 20.3 Å². The summed E-state index contributed by atoms with van der Waals surface area (Å²) < 4.78 is 10.1. The number of rotatable bonds is 9. The molecule has 0 saturated carbocycles. The fourth-order valence-corrected chi connectivity index (χ4v) is 1.64. The Balaban J connectivity index is 4.45. The van der Waals surface area contributed by atoms with E-state index in [4.69, 9.17) is 14.6 Å². The maximum Gasteiger partial charge on any atom is 0.319 e. The molecule has 3 unspecified atom stereocenters. The summed E-state index contributed by atoms with van der Waals surface area (Å²) in [6, 6.07) is 0. The molecule has 0 aliphatic carbocycles. The van der Waals surface area contributed by atoms with Gasteiger partial charge in [-0.15, -0.1) is 0 Å². The molecule has 0 aromatic rings. The average Bonchev–Trinajstić information content (AvgIpc) is 2.35. The molecule has 19 heavy (non-hydrogen) atoms. The Hall–Kier alpha value is -1.18. The van der Waals surface area contributed by atoms with Crippen LogP contribution in [0.5, 0.6) is 0 Å². The highest BCUT2D eigenvalue weighted by Crippen LogP contribution is 2.24. The number of ether oxygens (including phenoxy) is 2. The van der Waals surface area contributed by atoms with Crippen LogP contribution in [0.15, 0.2) is 0 Å². The van der Waals surface area contributed by atoms with Crippen LogP contribution in [-0.4, -0.2) is 61.7 Å². The van der Waals surface area contributed by atoms with Crippen molar-refractivity contribution in [2.24, 2.45) is 5.41 Å². The first-order valence-electron chi connectivity index (χ1n) is 6.02. The van der Waals surface area contributed by atoms with Gasteiger partial charge in [0.15, 0.2) is 0 Å². The number of carbonyl (C=O) groups is 2. The number of aliphatic carboxylic acids is 1. The molecule has 0 aromatic carbocycles. The van der Waals surface area contributed by atoms with E-state index in [1.165, 1.54) is 21.1 Å². The molecular weight excluding hydrogens is 254 g/mol. The van der Waals surface area contributed by atoms with Gasteiger partial charge in [-0.1, -0.05) is 0 Å². The Bertz CT molecular complexity index is 309. The van der Waals surface area contributed by atoms with Crippen LogP contribution in [0.4, 0.5) is 0 Å². The predicted molar refractivity (Wildman–Crippen MR) is 67.7 cm³/mol. The normalized spacial score (nSPS) is 17.3. The number of carbonyl (C=O) groups excluding carboxylic acids is 1. The fraction of sp³-hybridized carbons (Fsp3) is 0.833. The zero-order chi connectivity index (χ0) is 15.1. The van der Waals surface area contributed by atoms with Gasteiger partial charge in [0.2, 0.25) is 5.91 Å². The van der Waals surface area contributed by atoms with Crippen molar-refractivity contribution >= 4 is 11.9 Å². The van der Waals surface area contributed by atoms with Crippen molar-refractivity contribution in [3.63, 3.8) is 0 Å². The first kappa shape index (κ1) is 17.8. The van der Waals surface area contributed by atoms with Crippen molar-refractivity contribution in [2.75, 3.05) is 27.4 Å². The van der Waals surface area contributed by atoms with Gasteiger partial charge in [-0.05, 0) is 13.8 Å². The summed E-state index contributed by atoms with van der Waals surface area (Å²) >= 11 is 0. The summed E-state index contributed by atoms with van der Waals surface area (Å²) in [5, 5.41) is 21.2. The van der Waals surface area contributed by atoms with E-state index < -0.39 is 23.4 Å². The molecule has 0 saturated heterocycles. The predicted octanol–water partition coefficient (Wildman–Crippen LogP) is -0.374. The first-order chi connectivity index (χ1) is 8.77. The van der Waals surface area contributed by atoms with Crippen molar-refractivity contribution in [3.05, 3.63) is 0 Å². The summed E-state index contributed by atoms with van der Waals surface area (Å²) in [7, 11) is 2.89. The van der Waals surface area contributed by atoms with Crippen molar-refractivity contribution < 1.29 is 29.3 Å². The third-order valence-corrected chi connectivity index (χ3v) is 2.82. The number of hydrogen-bond acceptors (Lipinski definition) is 5. The van der Waals surface area contributed by atoms with Crippen LogP contribution in [0.2, 0.25) is 0 Å². The lowest BCUT2D eigenvalue weighted by Crippen LogP contribution is -2.46. The van der Waals surface area contributed by atoms with Crippen molar-refractivity contribution in [2.45, 2.75) is 32.5 Å². The second kappa shape index (κ2) is 8.08. The van der Waals surface area contributed by atoms with Gasteiger partial charge in [0.1, 0.15) is 5.41 Å². The molecule has 1 amide bonds. The average molecular weight is 277 g/mol. The molecule has 112 valence electrons. The number of methoxy groups -OCH3 is 1. The van der Waals surface area contributed by atoms with Gasteiger partial charge in [0.25, 0.3) is 0 Å². The van der Waals surface area contributed by atoms with Gasteiger partial charge in [0.05, 0.1) is 25.4 Å². The molecule has 0 fully saturated rings. The molecule has 0 bridgehead atoms. The molecule has 3 N–H and O–H groups in total. The number of nitrogens with one attached hydrogen (secondary N) is 1. The van der Waals surface area contributed by atoms with E-state index in [2.05, 4.69) is 5.32 Å². The van der Waals surface area contributed by atoms with E-state index in [9.17, 15) is 14.7 Å². The van der Waals surface area contributed by atoms with Gasteiger partial charge in [-0.25, -0.2) is 0 Å². The Kier molecular flexibility index (Phi) is 7.58. The van der Waals surface area contributed by atoms with E-state index in [0.717, 1.165) is 0 Å². The lowest BCUT2D eigenvalue weighted by atomic mass is 9.83. The molecule has 0 heterocycles. The van der Waals surface area contributed by atoms with Gasteiger partial charge >= 0.3 is 5.97 Å². The fourth-order valence-electron chi connectivity index (χ4n) is 1.64. The minimum atomic E-state index is -1.68. The maximum atomic E-state index is 11.6. The van der Waals surface area contributed by atoms with Crippen LogP contribution >= 0.6 is 0 Å². The minimum Gasteiger partial charge on any atom is -0.480 e. The number of hydrogen-bond donors (Lipinski definition) is 3. The van der Waals surface area contributed by atoms with Crippen LogP contribution in [0.25, 0.3) is 0 Å². The quantitative estimate of drug-likeness (QED) is 0.496. The molecule has 0 radical (unpaired) electrons. The lowest BCUT2D eigenvalue weighted by molar-refractivity contribution is -0.157. The summed E-state index contributed by atoms with van der Waals surface area (Å²) in [6.07, 6.45) is -1.48. The number of aliphatic hydroxyl groups excluding tert-OH is 1. The van der Waals surface area contributed by atoms with E-state index >= 15 is 0 Å². The number of amides is 1. The second-order valence-corrected chi connectivity index (χ2v) is 4.67. The number of aliphatic hydroxyl groups is 1. The molecule has 0 aliphatic rings. The Morgan fingerprint density at radius 3 is 2.37 bits per heavy atom. The van der Waals surface area contributed by atoms with Crippen molar-refractivity contribution in [3.8, 4) is 0 Å². The van der Waals surface area contributed by atoms with Crippen LogP contribution in [0.3, 0.4) is 0 Å². The smallest absolute Gasteiger partial charge is 0.319 e. The topological polar surface area (TPSA) is 105 Å². The Labute approximate surface area is 112 Å². The first-order valence-corrected chi connectivity index (χ1v) is 6.02. The van der Waals surface area contributed by atoms with E-state index in [-0.39, 0.29) is 19.1 Å². The zero-order valence-corrected chi connectivity index (χ0v) is 11.8. The molecule has 0 aliphatic heterocycles. The standard InChI is InChI=1S/C12H23NO6/c1-8(6-18-4)19-7-9(14)5-12(2,11(16)17)10(15)13-3/h8-9,14H,5-7H2,1-4H3,(H,13,15)(H,16,17). The molecule has 0 rings (SSSR count). The Morgan fingerprint density at radius 1 is 1.37 bits per heavy atom. The van der Waals surface area contributed by atoms with Crippen molar-refractivity contribution in [1.29, 1.82) is 0 Å². The molecule has 7 nitrogen and oxygen atoms in total. The van der Waals surface area contributed by atoms with Gasteiger partial charge in [0, 0.05) is 20.6 Å². The van der Waals surface area contributed by atoms with Gasteiger partial charge < -0.3 is 25.0 Å². The summed E-state index contributed by atoms with van der Waals surface area (Å²) in [6.45, 7) is 3.37. The maximum absolute atomic E-state index is 11.6. The lowest BCUT2D eigenvalue weighted by Gasteiger charge is -2.26. The summed E-state index contributed by atoms with van der Waals surface area (Å²) in [5.41, 5.74) is -1.68. The highest BCUT2D eigenvalue weighted by Gasteiger charge is 2.42. The zero-order valence-electron chi connectivity index (χ0n) is 11.8. The van der Waals surface area contributed by atoms with E-state index in [0.29, 0.717) is 6.61 Å². The number of carboxylic acids is 1. The molecular formula is C12H23NO6. The largest absolute Gasteiger partial charge is 0.480 e. The van der Waals surface area contributed by atoms with Crippen molar-refractivity contribution in [1.82, 2.24) is 5.32 Å². The van der Waals surface area contributed by atoms with Crippen LogP contribution < -0.4 is 5.32 Å². The van der Waals surface area contributed by atoms with Crippen LogP contribution in [0, 0.1) is 5.41 Å². The monoisotopic (exact) mass is 277 g/mol.